The molecule has 2 N–H and O–H groups in total. The molecule has 6 nitrogen and oxygen atoms in total. The van der Waals surface area contributed by atoms with Crippen LogP contribution in [0.4, 0.5) is 0 Å². The Kier molecular flexibility index (Phi) is 1.33. The second-order valence-electron chi connectivity index (χ2n) is 1.45. The van der Waals surface area contributed by atoms with Crippen molar-refractivity contribution in [1.29, 1.82) is 0 Å². The molecule has 0 radical (unpaired) electrons. The summed E-state index contributed by atoms with van der Waals surface area (Å²) in [4.78, 5) is 8.22. The lowest BCUT2D eigenvalue weighted by molar-refractivity contribution is -1.21. The van der Waals surface area contributed by atoms with E-state index in [-0.39, 0.29) is 0 Å². The molecule has 0 atom stereocenters. The quantitative estimate of drug-likeness (QED) is 0.413. The zero-order chi connectivity index (χ0) is 6.74. The molecule has 1 rings (SSSR count). The van der Waals surface area contributed by atoms with Crippen molar-refractivity contribution < 1.29 is 14.8 Å². The van der Waals surface area contributed by atoms with Gasteiger partial charge in [-0.3, -0.25) is 0 Å². The number of nitrogens with two attached hydrogens (primary N) is 1. The van der Waals surface area contributed by atoms with Gasteiger partial charge in [-0.2, -0.15) is 0 Å². The summed E-state index contributed by atoms with van der Waals surface area (Å²) in [6.45, 7) is 1.78. The molecule has 9 heavy (non-hydrogen) atoms. The number of hydrogen-bond acceptors (Lipinski definition) is 5. The average molecular weight is 131 g/mol. The van der Waals surface area contributed by atoms with E-state index in [0.717, 1.165) is 0 Å². The van der Waals surface area contributed by atoms with Crippen molar-refractivity contribution in [2.45, 2.75) is 6.92 Å². The highest BCUT2D eigenvalue weighted by atomic mass is 17.2. The SMILES string of the molecule is C/C=C/[N+]1(N)ON=NO1. The largest absolute Gasteiger partial charge is 0.209 e. The van der Waals surface area contributed by atoms with Gasteiger partial charge in [-0.25, -0.2) is 0 Å². The predicted octanol–water partition coefficient (Wildman–Crippen LogP) is 0.370. The molecule has 50 valence electrons. The van der Waals surface area contributed by atoms with Crippen LogP contribution in [-0.2, 0) is 9.88 Å². The number of nitrogens with zero attached hydrogens (tertiary/aromatic N) is 3. The molecule has 1 aliphatic heterocycles. The van der Waals surface area contributed by atoms with Crippen LogP contribution in [0.3, 0.4) is 0 Å². The maximum absolute atomic E-state index is 5.29. The van der Waals surface area contributed by atoms with Crippen LogP contribution in [-0.4, -0.2) is 4.92 Å². The standard InChI is InChI=1S/C3H7N4O2/c1-2-3-7(4)8-5-6-9-7/h2-3H,4H2,1H3/q+1/b3-2+. The molecule has 0 saturated heterocycles. The molecule has 0 aromatic rings. The summed E-state index contributed by atoms with van der Waals surface area (Å²) in [6.07, 6.45) is 3.11. The number of allylic oxidation sites excluding steroid dienone is 1. The fraction of sp³-hybridized carbons (Fsp3) is 0.333. The Bertz CT molecular complexity index is 146. The summed E-state index contributed by atoms with van der Waals surface area (Å²) in [7, 11) is 0. The monoisotopic (exact) mass is 131 g/mol. The molecule has 0 aromatic heterocycles. The fourth-order valence-corrected chi connectivity index (χ4v) is 0.421. The first-order valence-electron chi connectivity index (χ1n) is 2.36. The number of rotatable bonds is 1. The van der Waals surface area contributed by atoms with Gasteiger partial charge in [0.2, 0.25) is 6.20 Å². The maximum Gasteiger partial charge on any atom is 0.209 e. The van der Waals surface area contributed by atoms with Crippen LogP contribution in [0, 0.1) is 0 Å². The van der Waals surface area contributed by atoms with Crippen molar-refractivity contribution in [3.05, 3.63) is 12.3 Å². The molecule has 0 aromatic carbocycles. The van der Waals surface area contributed by atoms with Gasteiger partial charge in [0.25, 0.3) is 0 Å². The maximum atomic E-state index is 5.29. The van der Waals surface area contributed by atoms with Gasteiger partial charge in [-0.15, -0.1) is 0 Å². The van der Waals surface area contributed by atoms with Crippen molar-refractivity contribution in [3.63, 3.8) is 0 Å². The highest BCUT2D eigenvalue weighted by molar-refractivity contribution is 4.62. The van der Waals surface area contributed by atoms with Crippen LogP contribution in [0.1, 0.15) is 6.92 Å². The Balaban J connectivity index is 2.55. The van der Waals surface area contributed by atoms with Crippen LogP contribution in [0.25, 0.3) is 0 Å². The molecule has 1 heterocycles. The Hall–Kier alpha value is -1.14. The van der Waals surface area contributed by atoms with Crippen molar-refractivity contribution >= 4 is 0 Å². The van der Waals surface area contributed by atoms with E-state index in [1.807, 2.05) is 0 Å². The molecule has 0 saturated carbocycles. The summed E-state index contributed by atoms with van der Waals surface area (Å²) in [5.74, 6) is 5.29. The van der Waals surface area contributed by atoms with Crippen LogP contribution in [0.2, 0.25) is 0 Å². The predicted molar refractivity (Wildman–Crippen MR) is 26.3 cm³/mol. The topological polar surface area (TPSA) is 69.2 Å². The van der Waals surface area contributed by atoms with E-state index >= 15 is 0 Å². The van der Waals surface area contributed by atoms with Crippen molar-refractivity contribution in [2.24, 2.45) is 16.4 Å². The Morgan fingerprint density at radius 1 is 1.44 bits per heavy atom. The summed E-state index contributed by atoms with van der Waals surface area (Å²) < 4.78 is 0. The minimum atomic E-state index is -0.670. The molecular weight excluding hydrogens is 124 g/mol. The second kappa shape index (κ2) is 2.00. The summed E-state index contributed by atoms with van der Waals surface area (Å²) in [5.41, 5.74) is 0. The van der Waals surface area contributed by atoms with Crippen molar-refractivity contribution in [3.8, 4) is 0 Å². The van der Waals surface area contributed by atoms with E-state index in [1.54, 1.807) is 13.0 Å². The second-order valence-corrected chi connectivity index (χ2v) is 1.45. The molecule has 0 aliphatic carbocycles. The number of hydrogen-bond donors (Lipinski definition) is 1. The van der Waals surface area contributed by atoms with Crippen molar-refractivity contribution in [2.75, 3.05) is 0 Å². The minimum absolute atomic E-state index is 0.670. The molecule has 0 amide bonds. The molecule has 0 spiro atoms. The van der Waals surface area contributed by atoms with E-state index in [9.17, 15) is 0 Å². The summed E-state index contributed by atoms with van der Waals surface area (Å²) in [5, 5.41) is 6.11. The molecule has 1 aliphatic rings. The highest BCUT2D eigenvalue weighted by Gasteiger charge is 2.31. The van der Waals surface area contributed by atoms with E-state index in [1.165, 1.54) is 6.20 Å². The lowest BCUT2D eigenvalue weighted by Gasteiger charge is -2.06. The third-order valence-electron chi connectivity index (χ3n) is 0.718. The Labute approximate surface area is 51.5 Å². The first-order valence-corrected chi connectivity index (χ1v) is 2.36. The van der Waals surface area contributed by atoms with Gasteiger partial charge in [0.15, 0.2) is 4.92 Å². The van der Waals surface area contributed by atoms with Crippen LogP contribution in [0.5, 0.6) is 0 Å². The molecule has 0 bridgehead atoms. The van der Waals surface area contributed by atoms with Crippen LogP contribution in [0.15, 0.2) is 22.8 Å². The van der Waals surface area contributed by atoms with Crippen molar-refractivity contribution in [1.82, 2.24) is 0 Å². The summed E-state index contributed by atoms with van der Waals surface area (Å²) in [6, 6.07) is 0. The van der Waals surface area contributed by atoms with Gasteiger partial charge in [0.05, 0.1) is 0 Å². The van der Waals surface area contributed by atoms with E-state index in [2.05, 4.69) is 20.4 Å². The fourth-order valence-electron chi connectivity index (χ4n) is 0.421. The zero-order valence-corrected chi connectivity index (χ0v) is 4.89. The van der Waals surface area contributed by atoms with Gasteiger partial charge < -0.3 is 0 Å². The first-order chi connectivity index (χ1) is 4.27. The van der Waals surface area contributed by atoms with Gasteiger partial charge in [-0.05, 0) is 13.0 Å². The molecule has 6 heteroatoms. The minimum Gasteiger partial charge on any atom is -0.0994 e. The lowest BCUT2D eigenvalue weighted by atomic mass is 10.7. The number of quaternary nitrogens is 1. The van der Waals surface area contributed by atoms with Gasteiger partial charge in [-0.1, -0.05) is 15.7 Å². The molecule has 0 unspecified atom stereocenters. The van der Waals surface area contributed by atoms with E-state index in [4.69, 9.17) is 5.84 Å². The number of hydroxylamine groups is 2. The Morgan fingerprint density at radius 3 is 2.44 bits per heavy atom. The smallest absolute Gasteiger partial charge is 0.0994 e. The Morgan fingerprint density at radius 2 is 2.00 bits per heavy atom. The highest BCUT2D eigenvalue weighted by Crippen LogP contribution is 2.10. The lowest BCUT2D eigenvalue weighted by Crippen LogP contribution is -2.43. The van der Waals surface area contributed by atoms with E-state index < -0.39 is 4.92 Å². The average Bonchev–Trinajstić information content (AvgIpc) is 2.16. The summed E-state index contributed by atoms with van der Waals surface area (Å²) >= 11 is 0. The normalized spacial score (nSPS) is 22.0. The molecule has 0 fully saturated rings. The van der Waals surface area contributed by atoms with E-state index in [0.29, 0.717) is 0 Å². The van der Waals surface area contributed by atoms with Gasteiger partial charge in [0, 0.05) is 0 Å². The van der Waals surface area contributed by atoms with Crippen LogP contribution < -0.4 is 5.84 Å². The van der Waals surface area contributed by atoms with Crippen LogP contribution >= 0.6 is 0 Å². The third-order valence-corrected chi connectivity index (χ3v) is 0.718. The van der Waals surface area contributed by atoms with Gasteiger partial charge >= 0.3 is 0 Å². The first kappa shape index (κ1) is 5.99. The third kappa shape index (κ3) is 1.15. The zero-order valence-electron chi connectivity index (χ0n) is 4.89. The molecular formula is C3H7N4O2+. The van der Waals surface area contributed by atoms with Gasteiger partial charge in [0.1, 0.15) is 10.6 Å².